The summed E-state index contributed by atoms with van der Waals surface area (Å²) in [6.07, 6.45) is 0. The zero-order valence-electron chi connectivity index (χ0n) is 5.07. The van der Waals surface area contributed by atoms with Gasteiger partial charge in [0.25, 0.3) is 5.62 Å². The summed E-state index contributed by atoms with van der Waals surface area (Å²) in [6.45, 7) is 0. The average Bonchev–Trinajstić information content (AvgIpc) is 1.82. The lowest BCUT2D eigenvalue weighted by Crippen LogP contribution is -2.24. The van der Waals surface area contributed by atoms with Crippen molar-refractivity contribution in [2.45, 2.75) is 0 Å². The van der Waals surface area contributed by atoms with E-state index < -0.39 is 0 Å². The Hall–Kier alpha value is -1.72. The van der Waals surface area contributed by atoms with Gasteiger partial charge in [0.2, 0.25) is 0 Å². The Balaban J connectivity index is 3.46. The van der Waals surface area contributed by atoms with Crippen LogP contribution in [0.15, 0.2) is 6.07 Å². The molecule has 0 aliphatic rings. The van der Waals surface area contributed by atoms with Crippen molar-refractivity contribution in [1.29, 1.82) is 5.41 Å². The van der Waals surface area contributed by atoms with Gasteiger partial charge in [-0.1, -0.05) is 0 Å². The van der Waals surface area contributed by atoms with Crippen molar-refractivity contribution in [1.82, 2.24) is 9.71 Å². The summed E-state index contributed by atoms with van der Waals surface area (Å²) in [4.78, 5) is 3.41. The Morgan fingerprint density at radius 3 is 2.70 bits per heavy atom. The number of rotatable bonds is 0. The van der Waals surface area contributed by atoms with E-state index in [0.29, 0.717) is 4.73 Å². The minimum atomic E-state index is -0.377. The van der Waals surface area contributed by atoms with Crippen molar-refractivity contribution >= 4 is 11.6 Å². The fraction of sp³-hybridized carbons (Fsp3) is 0. The van der Waals surface area contributed by atoms with Crippen LogP contribution in [0.3, 0.4) is 0 Å². The molecule has 0 fully saturated rings. The Kier molecular flexibility index (Phi) is 1.22. The molecule has 0 aliphatic heterocycles. The summed E-state index contributed by atoms with van der Waals surface area (Å²) in [6, 6.07) is 1.26. The molecule has 0 aromatic carbocycles. The summed E-state index contributed by atoms with van der Waals surface area (Å²) in [5, 5.41) is 15.8. The van der Waals surface area contributed by atoms with E-state index in [1.807, 2.05) is 0 Å². The SMILES string of the molecule is N=c1nc(N)cc(N)n1O. The molecule has 0 unspecified atom stereocenters. The predicted octanol–water partition coefficient (Wildman–Crippen LogP) is -1.24. The molecule has 1 aromatic heterocycles. The van der Waals surface area contributed by atoms with Crippen LogP contribution in [0.2, 0.25) is 0 Å². The van der Waals surface area contributed by atoms with Crippen LogP contribution in [0.25, 0.3) is 0 Å². The molecule has 0 atom stereocenters. The molecule has 0 amide bonds. The van der Waals surface area contributed by atoms with Crippen LogP contribution < -0.4 is 17.1 Å². The number of anilines is 2. The number of nitrogen functional groups attached to an aromatic ring is 2. The van der Waals surface area contributed by atoms with Crippen molar-refractivity contribution in [3.63, 3.8) is 0 Å². The molecular weight excluding hydrogens is 134 g/mol. The third kappa shape index (κ3) is 0.859. The van der Waals surface area contributed by atoms with Crippen LogP contribution in [-0.4, -0.2) is 14.9 Å². The summed E-state index contributed by atoms with van der Waals surface area (Å²) >= 11 is 0. The van der Waals surface area contributed by atoms with Crippen LogP contribution in [0.1, 0.15) is 0 Å². The molecular formula is C4H7N5O. The Morgan fingerprint density at radius 2 is 2.20 bits per heavy atom. The van der Waals surface area contributed by atoms with E-state index >= 15 is 0 Å². The first kappa shape index (κ1) is 6.40. The van der Waals surface area contributed by atoms with Crippen LogP contribution >= 0.6 is 0 Å². The van der Waals surface area contributed by atoms with Gasteiger partial charge in [-0.05, 0) is 0 Å². The molecule has 0 spiro atoms. The van der Waals surface area contributed by atoms with E-state index in [9.17, 15) is 0 Å². The van der Waals surface area contributed by atoms with Gasteiger partial charge >= 0.3 is 0 Å². The first-order valence-electron chi connectivity index (χ1n) is 2.50. The zero-order chi connectivity index (χ0) is 7.72. The zero-order valence-corrected chi connectivity index (χ0v) is 5.07. The van der Waals surface area contributed by atoms with Gasteiger partial charge in [-0.3, -0.25) is 5.41 Å². The molecule has 1 rings (SSSR count). The van der Waals surface area contributed by atoms with Gasteiger partial charge in [-0.25, -0.2) is 0 Å². The van der Waals surface area contributed by atoms with E-state index in [-0.39, 0.29) is 17.3 Å². The molecule has 1 aromatic rings. The number of nitrogens with zero attached hydrogens (tertiary/aromatic N) is 2. The fourth-order valence-electron chi connectivity index (χ4n) is 0.537. The van der Waals surface area contributed by atoms with Gasteiger partial charge < -0.3 is 16.7 Å². The van der Waals surface area contributed by atoms with Gasteiger partial charge in [0, 0.05) is 6.07 Å². The smallest absolute Gasteiger partial charge is 0.259 e. The second-order valence-electron chi connectivity index (χ2n) is 1.74. The molecule has 6 N–H and O–H groups in total. The molecule has 0 aliphatic carbocycles. The van der Waals surface area contributed by atoms with Crippen molar-refractivity contribution < 1.29 is 5.21 Å². The Bertz CT molecular complexity index is 303. The van der Waals surface area contributed by atoms with Gasteiger partial charge in [-0.2, -0.15) is 4.98 Å². The quantitative estimate of drug-likeness (QED) is 0.338. The van der Waals surface area contributed by atoms with Gasteiger partial charge in [0.15, 0.2) is 0 Å². The van der Waals surface area contributed by atoms with Gasteiger partial charge in [-0.15, -0.1) is 4.73 Å². The maximum Gasteiger partial charge on any atom is 0.259 e. The summed E-state index contributed by atoms with van der Waals surface area (Å²) in [5.74, 6) is 0.116. The van der Waals surface area contributed by atoms with Crippen LogP contribution in [-0.2, 0) is 0 Å². The van der Waals surface area contributed by atoms with E-state index in [1.165, 1.54) is 6.07 Å². The molecule has 6 nitrogen and oxygen atoms in total. The van der Waals surface area contributed by atoms with Crippen molar-refractivity contribution in [3.8, 4) is 0 Å². The minimum absolute atomic E-state index is 0.00231. The second-order valence-corrected chi connectivity index (χ2v) is 1.74. The molecule has 10 heavy (non-hydrogen) atoms. The number of aromatic nitrogens is 2. The lowest BCUT2D eigenvalue weighted by atomic mass is 10.5. The van der Waals surface area contributed by atoms with Crippen LogP contribution in [0.5, 0.6) is 0 Å². The minimum Gasteiger partial charge on any atom is -0.423 e. The highest BCUT2D eigenvalue weighted by atomic mass is 16.5. The van der Waals surface area contributed by atoms with Gasteiger partial charge in [0.1, 0.15) is 11.6 Å². The highest BCUT2D eigenvalue weighted by Crippen LogP contribution is 1.98. The number of hydrogen-bond acceptors (Lipinski definition) is 5. The second kappa shape index (κ2) is 1.90. The number of nitrogens with one attached hydrogen (secondary N) is 1. The van der Waals surface area contributed by atoms with E-state index in [1.54, 1.807) is 0 Å². The van der Waals surface area contributed by atoms with Crippen LogP contribution in [0.4, 0.5) is 11.6 Å². The lowest BCUT2D eigenvalue weighted by Gasteiger charge is -2.00. The monoisotopic (exact) mass is 141 g/mol. The third-order valence-electron chi connectivity index (χ3n) is 0.976. The van der Waals surface area contributed by atoms with Crippen molar-refractivity contribution in [3.05, 3.63) is 11.7 Å². The maximum atomic E-state index is 8.82. The average molecular weight is 141 g/mol. The molecule has 0 saturated carbocycles. The molecule has 0 radical (unpaired) electrons. The first-order chi connectivity index (χ1) is 4.61. The fourth-order valence-corrected chi connectivity index (χ4v) is 0.537. The summed E-state index contributed by atoms with van der Waals surface area (Å²) < 4.78 is 0.441. The van der Waals surface area contributed by atoms with Crippen molar-refractivity contribution in [2.75, 3.05) is 11.5 Å². The molecule has 0 saturated heterocycles. The lowest BCUT2D eigenvalue weighted by molar-refractivity contribution is 0.172. The highest BCUT2D eigenvalue weighted by Gasteiger charge is 1.96. The van der Waals surface area contributed by atoms with Crippen molar-refractivity contribution in [2.24, 2.45) is 0 Å². The maximum absolute atomic E-state index is 8.82. The topological polar surface area (TPSA) is 114 Å². The highest BCUT2D eigenvalue weighted by molar-refractivity contribution is 5.39. The van der Waals surface area contributed by atoms with E-state index in [0.717, 1.165) is 0 Å². The Morgan fingerprint density at radius 1 is 1.60 bits per heavy atom. The Labute approximate surface area is 56.2 Å². The third-order valence-corrected chi connectivity index (χ3v) is 0.976. The normalized spacial score (nSPS) is 9.60. The predicted molar refractivity (Wildman–Crippen MR) is 34.1 cm³/mol. The molecule has 6 heteroatoms. The first-order valence-corrected chi connectivity index (χ1v) is 2.50. The largest absolute Gasteiger partial charge is 0.423 e. The summed E-state index contributed by atoms with van der Waals surface area (Å²) in [7, 11) is 0. The number of hydrogen-bond donors (Lipinski definition) is 4. The van der Waals surface area contributed by atoms with E-state index in [4.69, 9.17) is 22.1 Å². The molecule has 1 heterocycles. The van der Waals surface area contributed by atoms with Crippen LogP contribution in [0, 0.1) is 5.41 Å². The molecule has 0 bridgehead atoms. The molecule has 54 valence electrons. The number of nitrogens with two attached hydrogens (primary N) is 2. The summed E-state index contributed by atoms with van der Waals surface area (Å²) in [5.41, 5.74) is 10.0. The standard InChI is InChI=1S/C4H7N5O/c5-2-1-3(6)9(10)4(7)8-2/h1,10H,6H2,(H3,5,7,8). The van der Waals surface area contributed by atoms with Gasteiger partial charge in [0.05, 0.1) is 0 Å². The van der Waals surface area contributed by atoms with E-state index in [2.05, 4.69) is 4.98 Å².